The fourth-order valence-electron chi connectivity index (χ4n) is 1.41. The van der Waals surface area contributed by atoms with Crippen LogP contribution >= 0.6 is 15.9 Å². The van der Waals surface area contributed by atoms with Crippen molar-refractivity contribution in [1.29, 1.82) is 0 Å². The van der Waals surface area contributed by atoms with Gasteiger partial charge in [-0.05, 0) is 30.5 Å². The largest absolute Gasteiger partial charge is 0.271 e. The van der Waals surface area contributed by atoms with Crippen molar-refractivity contribution in [2.24, 2.45) is 5.84 Å². The number of hydrazine groups is 1. The Morgan fingerprint density at radius 3 is 2.25 bits per heavy atom. The molecule has 0 heterocycles. The van der Waals surface area contributed by atoms with Gasteiger partial charge in [-0.25, -0.2) is 5.43 Å². The molecule has 1 aromatic rings. The maximum atomic E-state index is 5.48. The quantitative estimate of drug-likeness (QED) is 0.598. The van der Waals surface area contributed by atoms with Crippen molar-refractivity contribution >= 4 is 15.9 Å². The topological polar surface area (TPSA) is 38.0 Å². The molecule has 0 saturated heterocycles. The van der Waals surface area contributed by atoms with E-state index in [4.69, 9.17) is 5.84 Å². The van der Waals surface area contributed by atoms with Crippen LogP contribution in [-0.4, -0.2) is 0 Å². The maximum Gasteiger partial charge on any atom is 0.0571 e. The molecule has 0 radical (unpaired) electrons. The summed E-state index contributed by atoms with van der Waals surface area (Å²) in [5.74, 6) is 5.48. The Bertz CT molecular complexity index is 277. The molecule has 0 bridgehead atoms. The maximum absolute atomic E-state index is 5.48. The van der Waals surface area contributed by atoms with Gasteiger partial charge in [-0.1, -0.05) is 28.1 Å². The van der Waals surface area contributed by atoms with Gasteiger partial charge in [0.15, 0.2) is 0 Å². The smallest absolute Gasteiger partial charge is 0.0571 e. The van der Waals surface area contributed by atoms with Gasteiger partial charge >= 0.3 is 0 Å². The van der Waals surface area contributed by atoms with Gasteiger partial charge in [0.2, 0.25) is 0 Å². The van der Waals surface area contributed by atoms with Crippen LogP contribution in [0.5, 0.6) is 0 Å². The molecule has 1 saturated carbocycles. The minimum Gasteiger partial charge on any atom is -0.271 e. The zero-order chi connectivity index (χ0) is 8.60. The molecule has 3 heteroatoms. The van der Waals surface area contributed by atoms with E-state index in [9.17, 15) is 0 Å². The number of nitrogens with one attached hydrogen (secondary N) is 1. The van der Waals surface area contributed by atoms with Crippen LogP contribution in [0.3, 0.4) is 0 Å². The van der Waals surface area contributed by atoms with Gasteiger partial charge in [0.25, 0.3) is 0 Å². The standard InChI is InChI=1S/C9H11BrN2/c10-8-3-1-7(2-4-8)9(12-11)5-6-9/h1-4,12H,5-6,11H2. The Balaban J connectivity index is 2.29. The van der Waals surface area contributed by atoms with Crippen LogP contribution in [0.2, 0.25) is 0 Å². The minimum absolute atomic E-state index is 0.0840. The van der Waals surface area contributed by atoms with E-state index in [1.807, 2.05) is 12.1 Å². The van der Waals surface area contributed by atoms with Crippen molar-refractivity contribution in [1.82, 2.24) is 5.43 Å². The average molecular weight is 227 g/mol. The molecule has 3 N–H and O–H groups in total. The lowest BCUT2D eigenvalue weighted by atomic mass is 10.1. The summed E-state index contributed by atoms with van der Waals surface area (Å²) in [6.07, 6.45) is 2.29. The van der Waals surface area contributed by atoms with Gasteiger partial charge < -0.3 is 0 Å². The highest BCUT2D eigenvalue weighted by Gasteiger charge is 2.43. The third-order valence-corrected chi connectivity index (χ3v) is 2.95. The summed E-state index contributed by atoms with van der Waals surface area (Å²) in [5.41, 5.74) is 4.24. The Hall–Kier alpha value is -0.380. The molecule has 0 unspecified atom stereocenters. The number of halogens is 1. The average Bonchev–Trinajstić information content (AvgIpc) is 2.86. The predicted octanol–water partition coefficient (Wildman–Crippen LogP) is 1.90. The Kier molecular flexibility index (Phi) is 1.94. The molecule has 0 amide bonds. The van der Waals surface area contributed by atoms with Crippen LogP contribution < -0.4 is 11.3 Å². The summed E-state index contributed by atoms with van der Waals surface area (Å²) in [6, 6.07) is 8.31. The van der Waals surface area contributed by atoms with Crippen molar-refractivity contribution in [3.8, 4) is 0 Å². The Morgan fingerprint density at radius 1 is 1.25 bits per heavy atom. The van der Waals surface area contributed by atoms with Gasteiger partial charge in [0, 0.05) is 4.47 Å². The molecule has 0 spiro atoms. The van der Waals surface area contributed by atoms with Gasteiger partial charge in [-0.3, -0.25) is 5.84 Å². The van der Waals surface area contributed by atoms with Crippen LogP contribution in [0.4, 0.5) is 0 Å². The zero-order valence-electron chi connectivity index (χ0n) is 6.68. The Labute approximate surface area is 80.2 Å². The molecule has 1 aromatic carbocycles. The van der Waals surface area contributed by atoms with Gasteiger partial charge in [-0.2, -0.15) is 0 Å². The van der Waals surface area contributed by atoms with Crippen LogP contribution in [-0.2, 0) is 5.54 Å². The molecule has 0 atom stereocenters. The summed E-state index contributed by atoms with van der Waals surface area (Å²) in [7, 11) is 0. The highest BCUT2D eigenvalue weighted by atomic mass is 79.9. The van der Waals surface area contributed by atoms with E-state index in [0.29, 0.717) is 0 Å². The molecule has 0 aliphatic heterocycles. The summed E-state index contributed by atoms with van der Waals surface area (Å²) in [6.45, 7) is 0. The van der Waals surface area contributed by atoms with Crippen LogP contribution in [0.15, 0.2) is 28.7 Å². The van der Waals surface area contributed by atoms with E-state index in [1.54, 1.807) is 0 Å². The fraction of sp³-hybridized carbons (Fsp3) is 0.333. The van der Waals surface area contributed by atoms with Crippen LogP contribution in [0.25, 0.3) is 0 Å². The minimum atomic E-state index is 0.0840. The van der Waals surface area contributed by atoms with E-state index in [-0.39, 0.29) is 5.54 Å². The highest BCUT2D eigenvalue weighted by Crippen LogP contribution is 2.44. The van der Waals surface area contributed by atoms with Crippen LogP contribution in [0.1, 0.15) is 18.4 Å². The number of hydrogen-bond donors (Lipinski definition) is 2. The highest BCUT2D eigenvalue weighted by molar-refractivity contribution is 9.10. The molecule has 2 nitrogen and oxygen atoms in total. The fourth-order valence-corrected chi connectivity index (χ4v) is 1.67. The van der Waals surface area contributed by atoms with Gasteiger partial charge in [0.1, 0.15) is 0 Å². The van der Waals surface area contributed by atoms with E-state index in [1.165, 1.54) is 5.56 Å². The second-order valence-electron chi connectivity index (χ2n) is 3.23. The van der Waals surface area contributed by atoms with Gasteiger partial charge in [-0.15, -0.1) is 0 Å². The molecule has 12 heavy (non-hydrogen) atoms. The number of nitrogens with two attached hydrogens (primary N) is 1. The number of benzene rings is 1. The lowest BCUT2D eigenvalue weighted by Gasteiger charge is -2.13. The molecule has 64 valence electrons. The summed E-state index contributed by atoms with van der Waals surface area (Å²) >= 11 is 3.40. The first kappa shape index (κ1) is 8.23. The normalized spacial score (nSPS) is 19.2. The predicted molar refractivity (Wildman–Crippen MR) is 52.4 cm³/mol. The molecule has 0 aromatic heterocycles. The monoisotopic (exact) mass is 226 g/mol. The zero-order valence-corrected chi connectivity index (χ0v) is 8.26. The number of rotatable bonds is 2. The molecular formula is C9H11BrN2. The molecule has 1 fully saturated rings. The summed E-state index contributed by atoms with van der Waals surface area (Å²) in [5, 5.41) is 0. The molecular weight excluding hydrogens is 216 g/mol. The van der Waals surface area contributed by atoms with Crippen LogP contribution in [0, 0.1) is 0 Å². The Morgan fingerprint density at radius 2 is 1.83 bits per heavy atom. The first-order valence-corrected chi connectivity index (χ1v) is 4.80. The lowest BCUT2D eigenvalue weighted by molar-refractivity contribution is 0.541. The lowest BCUT2D eigenvalue weighted by Crippen LogP contribution is -2.34. The summed E-state index contributed by atoms with van der Waals surface area (Å²) < 4.78 is 1.11. The third kappa shape index (κ3) is 1.28. The second-order valence-corrected chi connectivity index (χ2v) is 4.15. The third-order valence-electron chi connectivity index (χ3n) is 2.42. The van der Waals surface area contributed by atoms with E-state index < -0.39 is 0 Å². The first-order chi connectivity index (χ1) is 5.77. The molecule has 2 rings (SSSR count). The SMILES string of the molecule is NNC1(c2ccc(Br)cc2)CC1. The first-order valence-electron chi connectivity index (χ1n) is 4.01. The van der Waals surface area contributed by atoms with E-state index in [2.05, 4.69) is 33.5 Å². The van der Waals surface area contributed by atoms with Gasteiger partial charge in [0.05, 0.1) is 5.54 Å². The van der Waals surface area contributed by atoms with Crippen molar-refractivity contribution in [3.05, 3.63) is 34.3 Å². The molecule has 1 aliphatic carbocycles. The van der Waals surface area contributed by atoms with E-state index in [0.717, 1.165) is 17.3 Å². The molecule has 1 aliphatic rings. The van der Waals surface area contributed by atoms with Crippen molar-refractivity contribution in [2.75, 3.05) is 0 Å². The second kappa shape index (κ2) is 2.83. The number of hydrogen-bond acceptors (Lipinski definition) is 2. The van der Waals surface area contributed by atoms with Crippen molar-refractivity contribution in [3.63, 3.8) is 0 Å². The van der Waals surface area contributed by atoms with E-state index >= 15 is 0 Å². The summed E-state index contributed by atoms with van der Waals surface area (Å²) in [4.78, 5) is 0. The van der Waals surface area contributed by atoms with Crippen molar-refractivity contribution < 1.29 is 0 Å². The van der Waals surface area contributed by atoms with Crippen molar-refractivity contribution in [2.45, 2.75) is 18.4 Å².